The zero-order chi connectivity index (χ0) is 19.8. The van der Waals surface area contributed by atoms with Crippen LogP contribution in [-0.2, 0) is 0 Å². The van der Waals surface area contributed by atoms with Gasteiger partial charge in [0.15, 0.2) is 0 Å². The zero-order valence-electron chi connectivity index (χ0n) is 15.1. The van der Waals surface area contributed by atoms with Crippen molar-refractivity contribution >= 4 is 23.2 Å². The van der Waals surface area contributed by atoms with E-state index < -0.39 is 12.7 Å². The number of rotatable bonds is 5. The first-order chi connectivity index (χ1) is 12.7. The molecular formula is C18H19ClF3N5. The summed E-state index contributed by atoms with van der Waals surface area (Å²) in [5, 5.41) is 4.20. The monoisotopic (exact) mass is 397 g/mol. The van der Waals surface area contributed by atoms with Gasteiger partial charge in [0, 0.05) is 6.54 Å². The van der Waals surface area contributed by atoms with E-state index in [0.717, 1.165) is 5.56 Å². The van der Waals surface area contributed by atoms with E-state index in [4.69, 9.17) is 11.6 Å². The Bertz CT molecular complexity index is 952. The lowest BCUT2D eigenvalue weighted by Gasteiger charge is -2.30. The van der Waals surface area contributed by atoms with Crippen LogP contribution in [0.2, 0.25) is 5.15 Å². The molecule has 3 rings (SSSR count). The van der Waals surface area contributed by atoms with Gasteiger partial charge in [-0.2, -0.15) is 32.8 Å². The van der Waals surface area contributed by atoms with Gasteiger partial charge in [-0.05, 0) is 24.0 Å². The lowest BCUT2D eigenvalue weighted by Crippen LogP contribution is -2.38. The van der Waals surface area contributed by atoms with E-state index in [-0.39, 0.29) is 29.2 Å². The fourth-order valence-electron chi connectivity index (χ4n) is 3.06. The molecule has 0 spiro atoms. The molecule has 27 heavy (non-hydrogen) atoms. The van der Waals surface area contributed by atoms with Gasteiger partial charge in [0.1, 0.15) is 23.8 Å². The standard InChI is InChI=1S/C18H19ClF3N5/c1-11(2)8-26(9-18(20,21)22)16-14(13-7-5-4-6-12(13)3)15(19)25-17-23-10-24-27(16)17/h4-7,10-11H,8-9H2,1-3H3. The smallest absolute Gasteiger partial charge is 0.346 e. The zero-order valence-corrected chi connectivity index (χ0v) is 15.9. The van der Waals surface area contributed by atoms with Gasteiger partial charge in [-0.1, -0.05) is 49.7 Å². The lowest BCUT2D eigenvalue weighted by atomic mass is 10.0. The highest BCUT2D eigenvalue weighted by molar-refractivity contribution is 6.33. The third-order valence-electron chi connectivity index (χ3n) is 4.03. The van der Waals surface area contributed by atoms with E-state index in [1.165, 1.54) is 15.7 Å². The third-order valence-corrected chi connectivity index (χ3v) is 4.30. The van der Waals surface area contributed by atoms with Crippen molar-refractivity contribution < 1.29 is 13.2 Å². The van der Waals surface area contributed by atoms with Crippen LogP contribution < -0.4 is 4.90 Å². The summed E-state index contributed by atoms with van der Waals surface area (Å²) in [6.07, 6.45) is -3.13. The molecule has 0 saturated heterocycles. The second kappa shape index (κ2) is 7.34. The number of hydrogen-bond acceptors (Lipinski definition) is 4. The van der Waals surface area contributed by atoms with E-state index >= 15 is 0 Å². The molecule has 0 bridgehead atoms. The van der Waals surface area contributed by atoms with Gasteiger partial charge >= 0.3 is 6.18 Å². The average Bonchev–Trinajstić information content (AvgIpc) is 2.99. The van der Waals surface area contributed by atoms with E-state index in [1.54, 1.807) is 0 Å². The van der Waals surface area contributed by atoms with Crippen molar-refractivity contribution in [1.82, 2.24) is 19.6 Å². The molecule has 0 amide bonds. The number of anilines is 1. The van der Waals surface area contributed by atoms with Crippen LogP contribution >= 0.6 is 11.6 Å². The summed E-state index contributed by atoms with van der Waals surface area (Å²) in [7, 11) is 0. The molecule has 1 aromatic carbocycles. The molecule has 0 radical (unpaired) electrons. The first kappa shape index (κ1) is 19.4. The predicted molar refractivity (Wildman–Crippen MR) is 99.1 cm³/mol. The number of benzene rings is 1. The molecule has 0 saturated carbocycles. The normalized spacial score (nSPS) is 12.1. The predicted octanol–water partition coefficient (Wildman–Crippen LogP) is 4.78. The van der Waals surface area contributed by atoms with Crippen molar-refractivity contribution in [3.8, 4) is 11.1 Å². The maximum Gasteiger partial charge on any atom is 0.405 e. The molecule has 5 nitrogen and oxygen atoms in total. The Hall–Kier alpha value is -2.35. The number of fused-ring (bicyclic) bond motifs is 1. The van der Waals surface area contributed by atoms with Crippen molar-refractivity contribution in [2.75, 3.05) is 18.0 Å². The molecule has 2 aromatic heterocycles. The Morgan fingerprint density at radius 3 is 2.56 bits per heavy atom. The molecule has 0 atom stereocenters. The lowest BCUT2D eigenvalue weighted by molar-refractivity contribution is -0.120. The summed E-state index contributed by atoms with van der Waals surface area (Å²) >= 11 is 6.42. The van der Waals surface area contributed by atoms with Crippen LogP contribution in [0.15, 0.2) is 30.6 Å². The number of aryl methyl sites for hydroxylation is 1. The highest BCUT2D eigenvalue weighted by Crippen LogP contribution is 2.39. The van der Waals surface area contributed by atoms with Crippen LogP contribution in [-0.4, -0.2) is 38.8 Å². The SMILES string of the molecule is Cc1ccccc1-c1c(Cl)nc2ncnn2c1N(CC(C)C)CC(F)(F)F. The van der Waals surface area contributed by atoms with Crippen LogP contribution in [0.3, 0.4) is 0 Å². The number of aromatic nitrogens is 4. The van der Waals surface area contributed by atoms with Crippen molar-refractivity contribution in [2.24, 2.45) is 5.92 Å². The second-order valence-corrected chi connectivity index (χ2v) is 7.14. The highest BCUT2D eigenvalue weighted by atomic mass is 35.5. The summed E-state index contributed by atoms with van der Waals surface area (Å²) in [6, 6.07) is 7.35. The van der Waals surface area contributed by atoms with Gasteiger partial charge in [0.25, 0.3) is 5.78 Å². The molecule has 0 aliphatic heterocycles. The van der Waals surface area contributed by atoms with Crippen LogP contribution in [0.1, 0.15) is 19.4 Å². The highest BCUT2D eigenvalue weighted by Gasteiger charge is 2.34. The summed E-state index contributed by atoms with van der Waals surface area (Å²) < 4.78 is 41.4. The van der Waals surface area contributed by atoms with Gasteiger partial charge in [-0.15, -0.1) is 0 Å². The van der Waals surface area contributed by atoms with E-state index in [2.05, 4.69) is 15.1 Å². The molecule has 9 heteroatoms. The first-order valence-electron chi connectivity index (χ1n) is 8.44. The van der Waals surface area contributed by atoms with Crippen molar-refractivity contribution in [3.63, 3.8) is 0 Å². The molecule has 0 fully saturated rings. The van der Waals surface area contributed by atoms with Crippen molar-refractivity contribution in [2.45, 2.75) is 26.9 Å². The number of halogens is 4. The Balaban J connectivity index is 2.32. The fourth-order valence-corrected chi connectivity index (χ4v) is 3.32. The molecule has 0 aliphatic carbocycles. The maximum absolute atomic E-state index is 13.3. The van der Waals surface area contributed by atoms with Crippen molar-refractivity contribution in [3.05, 3.63) is 41.3 Å². The van der Waals surface area contributed by atoms with Gasteiger partial charge in [0.05, 0.1) is 5.56 Å². The molecule has 144 valence electrons. The van der Waals surface area contributed by atoms with Gasteiger partial charge in [-0.3, -0.25) is 0 Å². The minimum atomic E-state index is -4.39. The molecule has 0 aliphatic rings. The Labute approximate surface area is 159 Å². The molecule has 0 unspecified atom stereocenters. The largest absolute Gasteiger partial charge is 0.405 e. The summed E-state index contributed by atoms with van der Waals surface area (Å²) in [5.41, 5.74) is 1.99. The van der Waals surface area contributed by atoms with Gasteiger partial charge in [-0.25, -0.2) is 0 Å². The molecule has 2 heterocycles. The molecule has 0 N–H and O–H groups in total. The number of nitrogens with zero attached hydrogens (tertiary/aromatic N) is 5. The van der Waals surface area contributed by atoms with Gasteiger partial charge < -0.3 is 4.90 Å². The van der Waals surface area contributed by atoms with Crippen LogP contribution in [0.4, 0.5) is 19.0 Å². The maximum atomic E-state index is 13.3. The summed E-state index contributed by atoms with van der Waals surface area (Å²) in [4.78, 5) is 9.47. The Morgan fingerprint density at radius 1 is 1.22 bits per heavy atom. The Morgan fingerprint density at radius 2 is 1.93 bits per heavy atom. The minimum absolute atomic E-state index is 0.0115. The minimum Gasteiger partial charge on any atom is -0.346 e. The quantitative estimate of drug-likeness (QED) is 0.581. The fraction of sp³-hybridized carbons (Fsp3) is 0.389. The van der Waals surface area contributed by atoms with Crippen LogP contribution in [0.5, 0.6) is 0 Å². The van der Waals surface area contributed by atoms with E-state index in [9.17, 15) is 13.2 Å². The Kier molecular flexibility index (Phi) is 5.28. The number of alkyl halides is 3. The summed E-state index contributed by atoms with van der Waals surface area (Å²) in [5.74, 6) is 0.383. The average molecular weight is 398 g/mol. The second-order valence-electron chi connectivity index (χ2n) is 6.78. The van der Waals surface area contributed by atoms with E-state index in [0.29, 0.717) is 11.1 Å². The third kappa shape index (κ3) is 4.16. The topological polar surface area (TPSA) is 46.3 Å². The van der Waals surface area contributed by atoms with Crippen LogP contribution in [0.25, 0.3) is 16.9 Å². The van der Waals surface area contributed by atoms with Gasteiger partial charge in [0.2, 0.25) is 0 Å². The first-order valence-corrected chi connectivity index (χ1v) is 8.82. The number of hydrogen-bond donors (Lipinski definition) is 0. The molecular weight excluding hydrogens is 379 g/mol. The van der Waals surface area contributed by atoms with E-state index in [1.807, 2.05) is 45.0 Å². The molecule has 3 aromatic rings. The van der Waals surface area contributed by atoms with Crippen LogP contribution in [0, 0.1) is 12.8 Å². The van der Waals surface area contributed by atoms with Crippen molar-refractivity contribution in [1.29, 1.82) is 0 Å². The summed E-state index contributed by atoms with van der Waals surface area (Å²) in [6.45, 7) is 4.64.